The van der Waals surface area contributed by atoms with Crippen molar-refractivity contribution in [2.24, 2.45) is 0 Å². The zero-order chi connectivity index (χ0) is 23.2. The first-order valence-corrected chi connectivity index (χ1v) is 11.8. The molecule has 2 N–H and O–H groups in total. The predicted octanol–water partition coefficient (Wildman–Crippen LogP) is 4.69. The maximum atomic E-state index is 12.1. The number of piperidine rings is 1. The molecule has 2 aromatic carbocycles. The zero-order valence-corrected chi connectivity index (χ0v) is 19.7. The molecule has 0 amide bonds. The van der Waals surface area contributed by atoms with Crippen molar-refractivity contribution in [2.75, 3.05) is 32.1 Å². The summed E-state index contributed by atoms with van der Waals surface area (Å²) < 4.78 is 5.30. The molecule has 5 rings (SSSR count). The van der Waals surface area contributed by atoms with Crippen LogP contribution in [0.1, 0.15) is 31.2 Å². The van der Waals surface area contributed by atoms with E-state index in [1.54, 1.807) is 12.1 Å². The summed E-state index contributed by atoms with van der Waals surface area (Å²) in [7, 11) is 3.65. The number of nitrogens with one attached hydrogen (secondary N) is 1. The standard InChI is InChI=1S/C26H28ClN3O3/c1-30(18-5-9-28-10-6-18)24-19-11-16(17-12-21(27)25(32)23(13-17)33-2)3-4-22(19)29-14-20(24)26(15-31)7-8-26/h3-4,11-15,18,28,32H,5-10H2,1-2H3. The molecule has 1 saturated carbocycles. The molecule has 0 radical (unpaired) electrons. The first-order valence-electron chi connectivity index (χ1n) is 11.4. The van der Waals surface area contributed by atoms with E-state index in [1.807, 2.05) is 18.3 Å². The quantitative estimate of drug-likeness (QED) is 0.514. The van der Waals surface area contributed by atoms with Gasteiger partial charge in [-0.2, -0.15) is 0 Å². The van der Waals surface area contributed by atoms with Crippen LogP contribution in [0.2, 0.25) is 5.02 Å². The van der Waals surface area contributed by atoms with Gasteiger partial charge in [-0.1, -0.05) is 17.7 Å². The Kier molecular flexibility index (Phi) is 5.67. The molecule has 0 atom stereocenters. The van der Waals surface area contributed by atoms with E-state index >= 15 is 0 Å². The lowest BCUT2D eigenvalue weighted by Gasteiger charge is -2.36. The third-order valence-electron chi connectivity index (χ3n) is 7.18. The minimum Gasteiger partial charge on any atom is -0.503 e. The minimum absolute atomic E-state index is 0.0688. The molecule has 6 nitrogen and oxygen atoms in total. The second-order valence-corrected chi connectivity index (χ2v) is 9.53. The fourth-order valence-corrected chi connectivity index (χ4v) is 5.17. The highest BCUT2D eigenvalue weighted by molar-refractivity contribution is 6.32. The molecule has 1 aliphatic carbocycles. The first-order chi connectivity index (χ1) is 16.0. The summed E-state index contributed by atoms with van der Waals surface area (Å²) in [5.74, 6) is 0.259. The van der Waals surface area contributed by atoms with Crippen LogP contribution in [-0.4, -0.2) is 49.7 Å². The van der Waals surface area contributed by atoms with Crippen molar-refractivity contribution >= 4 is 34.5 Å². The molecule has 2 fully saturated rings. The zero-order valence-electron chi connectivity index (χ0n) is 18.9. The molecule has 1 saturated heterocycles. The Labute approximate surface area is 198 Å². The Morgan fingerprint density at radius 3 is 2.64 bits per heavy atom. The number of aromatic hydroxyl groups is 1. The molecule has 1 aliphatic heterocycles. The number of aromatic nitrogens is 1. The van der Waals surface area contributed by atoms with E-state index in [4.69, 9.17) is 21.3 Å². The molecule has 172 valence electrons. The van der Waals surface area contributed by atoms with Gasteiger partial charge < -0.3 is 24.9 Å². The van der Waals surface area contributed by atoms with Gasteiger partial charge in [0, 0.05) is 30.2 Å². The highest BCUT2D eigenvalue weighted by Crippen LogP contribution is 2.51. The number of phenols is 1. The van der Waals surface area contributed by atoms with Crippen LogP contribution in [-0.2, 0) is 10.2 Å². The number of rotatable bonds is 6. The number of anilines is 1. The van der Waals surface area contributed by atoms with Crippen molar-refractivity contribution in [1.82, 2.24) is 10.3 Å². The van der Waals surface area contributed by atoms with Crippen LogP contribution in [0.3, 0.4) is 0 Å². The Hall–Kier alpha value is -2.83. The molecular weight excluding hydrogens is 438 g/mol. The number of ether oxygens (including phenoxy) is 1. The molecule has 0 bridgehead atoms. The van der Waals surface area contributed by atoms with Crippen LogP contribution in [0.25, 0.3) is 22.0 Å². The van der Waals surface area contributed by atoms with Gasteiger partial charge >= 0.3 is 0 Å². The van der Waals surface area contributed by atoms with E-state index in [2.05, 4.69) is 23.3 Å². The summed E-state index contributed by atoms with van der Waals surface area (Å²) in [6.45, 7) is 1.98. The fourth-order valence-electron chi connectivity index (χ4n) is 4.96. The van der Waals surface area contributed by atoms with Crippen LogP contribution in [0, 0.1) is 0 Å². The van der Waals surface area contributed by atoms with Crippen LogP contribution in [0.15, 0.2) is 36.5 Å². The number of fused-ring (bicyclic) bond motifs is 1. The highest BCUT2D eigenvalue weighted by Gasteiger charge is 2.47. The lowest BCUT2D eigenvalue weighted by Crippen LogP contribution is -2.42. The lowest BCUT2D eigenvalue weighted by molar-refractivity contribution is -0.109. The van der Waals surface area contributed by atoms with Gasteiger partial charge in [-0.25, -0.2) is 0 Å². The van der Waals surface area contributed by atoms with Gasteiger partial charge in [0.25, 0.3) is 0 Å². The lowest BCUT2D eigenvalue weighted by atomic mass is 9.92. The minimum atomic E-state index is -0.432. The first kappa shape index (κ1) is 22.0. The number of hydrogen-bond donors (Lipinski definition) is 2. The number of halogens is 1. The average Bonchev–Trinajstić information content (AvgIpc) is 3.66. The molecule has 2 heterocycles. The van der Waals surface area contributed by atoms with Crippen molar-refractivity contribution < 1.29 is 14.6 Å². The normalized spacial score (nSPS) is 17.7. The van der Waals surface area contributed by atoms with Crippen LogP contribution >= 0.6 is 11.6 Å². The van der Waals surface area contributed by atoms with Gasteiger partial charge in [-0.15, -0.1) is 0 Å². The summed E-state index contributed by atoms with van der Waals surface area (Å²) in [5, 5.41) is 14.8. The topological polar surface area (TPSA) is 74.7 Å². The molecule has 33 heavy (non-hydrogen) atoms. The number of pyridine rings is 1. The Bertz CT molecular complexity index is 1220. The Balaban J connectivity index is 1.70. The largest absolute Gasteiger partial charge is 0.503 e. The maximum Gasteiger partial charge on any atom is 0.176 e. The predicted molar refractivity (Wildman–Crippen MR) is 132 cm³/mol. The molecular formula is C26H28ClN3O3. The summed E-state index contributed by atoms with van der Waals surface area (Å²) in [5.41, 5.74) is 4.35. The van der Waals surface area contributed by atoms with Crippen molar-refractivity contribution in [3.63, 3.8) is 0 Å². The maximum absolute atomic E-state index is 12.1. The van der Waals surface area contributed by atoms with E-state index in [1.165, 1.54) is 7.11 Å². The van der Waals surface area contributed by atoms with Gasteiger partial charge in [0.15, 0.2) is 11.5 Å². The van der Waals surface area contributed by atoms with Crippen LogP contribution in [0.5, 0.6) is 11.5 Å². The number of methoxy groups -OCH3 is 1. The molecule has 0 spiro atoms. The number of nitrogens with zero attached hydrogens (tertiary/aromatic N) is 2. The van der Waals surface area contributed by atoms with Gasteiger partial charge in [-0.05, 0) is 74.2 Å². The number of phenolic OH excluding ortho intramolecular Hbond substituents is 1. The van der Waals surface area contributed by atoms with Crippen molar-refractivity contribution in [1.29, 1.82) is 0 Å². The third-order valence-corrected chi connectivity index (χ3v) is 7.47. The number of hydrogen-bond acceptors (Lipinski definition) is 6. The van der Waals surface area contributed by atoms with E-state index in [9.17, 15) is 9.90 Å². The summed E-state index contributed by atoms with van der Waals surface area (Å²) in [4.78, 5) is 19.2. The average molecular weight is 466 g/mol. The van der Waals surface area contributed by atoms with Crippen molar-refractivity contribution in [3.8, 4) is 22.6 Å². The Morgan fingerprint density at radius 2 is 1.97 bits per heavy atom. The third kappa shape index (κ3) is 3.81. The monoisotopic (exact) mass is 465 g/mol. The highest BCUT2D eigenvalue weighted by atomic mass is 35.5. The van der Waals surface area contributed by atoms with E-state index in [0.717, 1.165) is 78.3 Å². The second kappa shape index (κ2) is 8.50. The SMILES string of the molecule is COc1cc(-c2ccc3ncc(C4(C=O)CC4)c(N(C)C4CCNCC4)c3c2)cc(Cl)c1O. The summed E-state index contributed by atoms with van der Waals surface area (Å²) in [6, 6.07) is 10.0. The van der Waals surface area contributed by atoms with Crippen LogP contribution in [0.4, 0.5) is 5.69 Å². The molecule has 2 aliphatic rings. The number of carbonyl (C=O) groups is 1. The smallest absolute Gasteiger partial charge is 0.176 e. The van der Waals surface area contributed by atoms with E-state index < -0.39 is 5.41 Å². The van der Waals surface area contributed by atoms with Gasteiger partial charge in [0.1, 0.15) is 6.29 Å². The Morgan fingerprint density at radius 1 is 1.21 bits per heavy atom. The van der Waals surface area contributed by atoms with Crippen molar-refractivity contribution in [3.05, 3.63) is 47.1 Å². The molecule has 0 unspecified atom stereocenters. The van der Waals surface area contributed by atoms with E-state index in [0.29, 0.717) is 11.8 Å². The molecule has 1 aromatic heterocycles. The molecule has 3 aromatic rings. The number of aldehydes is 1. The van der Waals surface area contributed by atoms with Crippen LogP contribution < -0.4 is 15.0 Å². The van der Waals surface area contributed by atoms with Gasteiger partial charge in [0.2, 0.25) is 0 Å². The second-order valence-electron chi connectivity index (χ2n) is 9.13. The van der Waals surface area contributed by atoms with Gasteiger partial charge in [-0.3, -0.25) is 4.98 Å². The number of carbonyl (C=O) groups excluding carboxylic acids is 1. The van der Waals surface area contributed by atoms with Crippen molar-refractivity contribution in [2.45, 2.75) is 37.1 Å². The van der Waals surface area contributed by atoms with Gasteiger partial charge in [0.05, 0.1) is 28.8 Å². The number of benzene rings is 2. The summed E-state index contributed by atoms with van der Waals surface area (Å²) >= 11 is 6.27. The van der Waals surface area contributed by atoms with E-state index in [-0.39, 0.29) is 10.8 Å². The fraction of sp³-hybridized carbons (Fsp3) is 0.385. The summed E-state index contributed by atoms with van der Waals surface area (Å²) in [6.07, 6.45) is 6.83. The molecule has 7 heteroatoms.